The first-order valence-electron chi connectivity index (χ1n) is 5.53. The van der Waals surface area contributed by atoms with Gasteiger partial charge in [0.25, 0.3) is 0 Å². The summed E-state index contributed by atoms with van der Waals surface area (Å²) in [7, 11) is 1.43. The Labute approximate surface area is 115 Å². The van der Waals surface area contributed by atoms with E-state index >= 15 is 0 Å². The number of benzene rings is 1. The van der Waals surface area contributed by atoms with Crippen LogP contribution in [0.25, 0.3) is 0 Å². The molecule has 0 aliphatic rings. The molecule has 0 N–H and O–H groups in total. The molecule has 2 rings (SSSR count). The average Bonchev–Trinajstić information content (AvgIpc) is 2.41. The molecule has 0 radical (unpaired) electrons. The highest BCUT2D eigenvalue weighted by Gasteiger charge is 2.11. The largest absolute Gasteiger partial charge is 0.494 e. The van der Waals surface area contributed by atoms with Crippen LogP contribution in [0.15, 0.2) is 24.5 Å². The second kappa shape index (κ2) is 5.84. The molecule has 0 aliphatic carbocycles. The van der Waals surface area contributed by atoms with E-state index in [-0.39, 0.29) is 17.6 Å². The molecule has 0 unspecified atom stereocenters. The topological polar surface area (TPSA) is 44.2 Å². The van der Waals surface area contributed by atoms with Gasteiger partial charge in [0.2, 0.25) is 5.28 Å². The van der Waals surface area contributed by atoms with Crippen LogP contribution in [-0.2, 0) is 6.61 Å². The predicted molar refractivity (Wildman–Crippen MR) is 69.1 cm³/mol. The number of hydrogen-bond acceptors (Lipinski definition) is 4. The highest BCUT2D eigenvalue weighted by Crippen LogP contribution is 2.23. The van der Waals surface area contributed by atoms with Crippen LogP contribution in [0.2, 0.25) is 5.28 Å². The lowest BCUT2D eigenvalue weighted by Gasteiger charge is -2.10. The molecule has 19 heavy (non-hydrogen) atoms. The van der Waals surface area contributed by atoms with Crippen molar-refractivity contribution < 1.29 is 13.9 Å². The summed E-state index contributed by atoms with van der Waals surface area (Å²) in [6.07, 6.45) is 2.86. The first-order chi connectivity index (χ1) is 9.10. The van der Waals surface area contributed by atoms with Gasteiger partial charge in [-0.3, -0.25) is 0 Å². The maximum atomic E-state index is 14.0. The van der Waals surface area contributed by atoms with Crippen LogP contribution in [0.1, 0.15) is 11.1 Å². The molecule has 1 aromatic heterocycles. The van der Waals surface area contributed by atoms with Gasteiger partial charge in [0.05, 0.1) is 19.5 Å². The molecule has 0 fully saturated rings. The minimum atomic E-state index is -0.428. The van der Waals surface area contributed by atoms with Crippen LogP contribution in [0.4, 0.5) is 4.39 Å². The smallest absolute Gasteiger partial charge is 0.222 e. The summed E-state index contributed by atoms with van der Waals surface area (Å²) in [5.74, 6) is 0.193. The van der Waals surface area contributed by atoms with Gasteiger partial charge in [0, 0.05) is 5.56 Å². The lowest BCUT2D eigenvalue weighted by molar-refractivity contribution is 0.293. The minimum absolute atomic E-state index is 0.0644. The SMILES string of the molecule is COc1cc(C)cc(COc2cnc(Cl)nc2)c1F. The fourth-order valence-electron chi connectivity index (χ4n) is 1.60. The highest BCUT2D eigenvalue weighted by atomic mass is 35.5. The summed E-state index contributed by atoms with van der Waals surface area (Å²) in [6, 6.07) is 3.33. The summed E-state index contributed by atoms with van der Waals surface area (Å²) >= 11 is 5.56. The van der Waals surface area contributed by atoms with E-state index in [4.69, 9.17) is 21.1 Å². The van der Waals surface area contributed by atoms with E-state index in [1.807, 2.05) is 6.92 Å². The Kier molecular flexibility index (Phi) is 4.16. The molecule has 4 nitrogen and oxygen atoms in total. The van der Waals surface area contributed by atoms with Crippen molar-refractivity contribution in [1.82, 2.24) is 9.97 Å². The van der Waals surface area contributed by atoms with Gasteiger partial charge in [-0.2, -0.15) is 0 Å². The maximum absolute atomic E-state index is 14.0. The zero-order valence-electron chi connectivity index (χ0n) is 10.5. The fourth-order valence-corrected chi connectivity index (χ4v) is 1.70. The number of ether oxygens (including phenoxy) is 2. The number of rotatable bonds is 4. The standard InChI is InChI=1S/C13H12ClFN2O2/c1-8-3-9(12(15)11(4-8)18-2)7-19-10-5-16-13(14)17-6-10/h3-6H,7H2,1-2H3. The second-order valence-electron chi connectivity index (χ2n) is 3.92. The third kappa shape index (κ3) is 3.32. The van der Waals surface area contributed by atoms with Crippen molar-refractivity contribution >= 4 is 11.6 Å². The van der Waals surface area contributed by atoms with Crippen molar-refractivity contribution in [1.29, 1.82) is 0 Å². The Hall–Kier alpha value is -1.88. The summed E-state index contributed by atoms with van der Waals surface area (Å²) < 4.78 is 24.3. The van der Waals surface area contributed by atoms with E-state index in [2.05, 4.69) is 9.97 Å². The van der Waals surface area contributed by atoms with Crippen molar-refractivity contribution in [2.45, 2.75) is 13.5 Å². The summed E-state index contributed by atoms with van der Waals surface area (Å²) in [4.78, 5) is 7.55. The van der Waals surface area contributed by atoms with Crippen molar-refractivity contribution in [2.24, 2.45) is 0 Å². The molecule has 1 heterocycles. The summed E-state index contributed by atoms with van der Waals surface area (Å²) in [5.41, 5.74) is 1.30. The third-order valence-electron chi connectivity index (χ3n) is 2.47. The van der Waals surface area contributed by atoms with E-state index in [1.165, 1.54) is 19.5 Å². The van der Waals surface area contributed by atoms with Crippen LogP contribution >= 0.6 is 11.6 Å². The molecule has 0 spiro atoms. The van der Waals surface area contributed by atoms with Gasteiger partial charge in [-0.1, -0.05) is 0 Å². The molecule has 2 aromatic rings. The molecule has 0 bridgehead atoms. The minimum Gasteiger partial charge on any atom is -0.494 e. The predicted octanol–water partition coefficient (Wildman–Crippen LogP) is 3.17. The second-order valence-corrected chi connectivity index (χ2v) is 4.25. The Morgan fingerprint density at radius 1 is 1.26 bits per heavy atom. The fraction of sp³-hybridized carbons (Fsp3) is 0.231. The van der Waals surface area contributed by atoms with E-state index in [1.54, 1.807) is 12.1 Å². The zero-order valence-corrected chi connectivity index (χ0v) is 11.2. The van der Waals surface area contributed by atoms with E-state index in [0.717, 1.165) is 5.56 Å². The molecule has 0 amide bonds. The van der Waals surface area contributed by atoms with E-state index in [9.17, 15) is 4.39 Å². The van der Waals surface area contributed by atoms with E-state index in [0.29, 0.717) is 11.3 Å². The zero-order chi connectivity index (χ0) is 13.8. The molecular formula is C13H12ClFN2O2. The van der Waals surface area contributed by atoms with Crippen LogP contribution in [0.3, 0.4) is 0 Å². The Bertz CT molecular complexity index is 576. The van der Waals surface area contributed by atoms with Crippen molar-refractivity contribution in [3.63, 3.8) is 0 Å². The number of hydrogen-bond donors (Lipinski definition) is 0. The first-order valence-corrected chi connectivity index (χ1v) is 5.91. The maximum Gasteiger partial charge on any atom is 0.222 e. The lowest BCUT2D eigenvalue weighted by atomic mass is 10.1. The number of aromatic nitrogens is 2. The number of methoxy groups -OCH3 is 1. The quantitative estimate of drug-likeness (QED) is 0.808. The van der Waals surface area contributed by atoms with Crippen LogP contribution in [0, 0.1) is 12.7 Å². The van der Waals surface area contributed by atoms with E-state index < -0.39 is 5.82 Å². The van der Waals surface area contributed by atoms with Crippen LogP contribution in [-0.4, -0.2) is 17.1 Å². The first kappa shape index (κ1) is 13.5. The van der Waals surface area contributed by atoms with Crippen molar-refractivity contribution in [3.05, 3.63) is 46.8 Å². The Balaban J connectivity index is 2.15. The third-order valence-corrected chi connectivity index (χ3v) is 2.66. The van der Waals surface area contributed by atoms with Crippen molar-refractivity contribution in [2.75, 3.05) is 7.11 Å². The van der Waals surface area contributed by atoms with Crippen molar-refractivity contribution in [3.8, 4) is 11.5 Å². The van der Waals surface area contributed by atoms with Gasteiger partial charge in [-0.05, 0) is 36.2 Å². The molecule has 100 valence electrons. The number of nitrogens with zero attached hydrogens (tertiary/aromatic N) is 2. The Morgan fingerprint density at radius 2 is 1.95 bits per heavy atom. The summed E-state index contributed by atoms with van der Waals surface area (Å²) in [5, 5.41) is 0.135. The monoisotopic (exact) mass is 282 g/mol. The van der Waals surface area contributed by atoms with Gasteiger partial charge < -0.3 is 9.47 Å². The molecular weight excluding hydrogens is 271 g/mol. The van der Waals surface area contributed by atoms with Crippen LogP contribution < -0.4 is 9.47 Å². The average molecular weight is 283 g/mol. The lowest BCUT2D eigenvalue weighted by Crippen LogP contribution is -2.02. The van der Waals surface area contributed by atoms with Gasteiger partial charge >= 0.3 is 0 Å². The van der Waals surface area contributed by atoms with Gasteiger partial charge in [0.1, 0.15) is 6.61 Å². The van der Waals surface area contributed by atoms with Gasteiger partial charge in [0.15, 0.2) is 17.3 Å². The molecule has 0 atom stereocenters. The van der Waals surface area contributed by atoms with Gasteiger partial charge in [-0.25, -0.2) is 14.4 Å². The molecule has 0 aliphatic heterocycles. The molecule has 0 saturated carbocycles. The van der Waals surface area contributed by atoms with Crippen LogP contribution in [0.5, 0.6) is 11.5 Å². The normalized spacial score (nSPS) is 10.3. The molecule has 0 saturated heterocycles. The number of halogens is 2. The Morgan fingerprint density at radius 3 is 2.58 bits per heavy atom. The molecule has 1 aromatic carbocycles. The highest BCUT2D eigenvalue weighted by molar-refractivity contribution is 6.28. The summed E-state index contributed by atoms with van der Waals surface area (Å²) in [6.45, 7) is 1.92. The molecule has 6 heteroatoms. The number of aryl methyl sites for hydroxylation is 1. The van der Waals surface area contributed by atoms with Gasteiger partial charge in [-0.15, -0.1) is 0 Å².